The lowest BCUT2D eigenvalue weighted by Gasteiger charge is -2.29. The van der Waals surface area contributed by atoms with Gasteiger partial charge in [0.05, 0.1) is 12.0 Å². The van der Waals surface area contributed by atoms with Crippen LogP contribution < -0.4 is 5.32 Å². The molecule has 22 heavy (non-hydrogen) atoms. The Morgan fingerprint density at radius 2 is 1.77 bits per heavy atom. The fraction of sp³-hybridized carbons (Fsp3) is 0.368. The topological polar surface area (TPSA) is 52.9 Å². The first-order chi connectivity index (χ1) is 10.4. The van der Waals surface area contributed by atoms with E-state index >= 15 is 0 Å². The van der Waals surface area contributed by atoms with Gasteiger partial charge in [-0.05, 0) is 36.1 Å². The first kappa shape index (κ1) is 16.0. The molecule has 0 aliphatic carbocycles. The van der Waals surface area contributed by atoms with Crippen molar-refractivity contribution in [1.82, 2.24) is 5.32 Å². The minimum Gasteiger partial charge on any atom is -0.337 e. The highest BCUT2D eigenvalue weighted by atomic mass is 16.2. The van der Waals surface area contributed by atoms with E-state index in [0.29, 0.717) is 0 Å². The van der Waals surface area contributed by atoms with Crippen LogP contribution >= 0.6 is 0 Å². The molecule has 2 unspecified atom stereocenters. The van der Waals surface area contributed by atoms with Crippen LogP contribution in [0.2, 0.25) is 0 Å². The predicted octanol–water partition coefficient (Wildman–Crippen LogP) is 4.00. The largest absolute Gasteiger partial charge is 0.337 e. The fourth-order valence-electron chi connectivity index (χ4n) is 2.29. The molecule has 0 spiro atoms. The van der Waals surface area contributed by atoms with Gasteiger partial charge < -0.3 is 5.32 Å². The summed E-state index contributed by atoms with van der Waals surface area (Å²) in [7, 11) is 0. The second-order valence-corrected chi connectivity index (χ2v) is 6.29. The van der Waals surface area contributed by atoms with Crippen molar-refractivity contribution < 1.29 is 4.79 Å². The summed E-state index contributed by atoms with van der Waals surface area (Å²) < 4.78 is 0. The van der Waals surface area contributed by atoms with E-state index in [4.69, 9.17) is 0 Å². The van der Waals surface area contributed by atoms with Gasteiger partial charge in [-0.2, -0.15) is 5.26 Å². The van der Waals surface area contributed by atoms with Gasteiger partial charge >= 0.3 is 0 Å². The van der Waals surface area contributed by atoms with Crippen molar-refractivity contribution in [3.8, 4) is 6.07 Å². The van der Waals surface area contributed by atoms with Crippen LogP contribution in [0.1, 0.15) is 39.2 Å². The Labute approximate surface area is 132 Å². The Morgan fingerprint density at radius 1 is 1.14 bits per heavy atom. The Morgan fingerprint density at radius 3 is 2.36 bits per heavy atom. The summed E-state index contributed by atoms with van der Waals surface area (Å²) in [6.45, 7) is 7.51. The molecule has 3 heteroatoms. The van der Waals surface area contributed by atoms with Crippen molar-refractivity contribution in [3.05, 3.63) is 48.0 Å². The van der Waals surface area contributed by atoms with Crippen LogP contribution in [-0.4, -0.2) is 11.4 Å². The van der Waals surface area contributed by atoms with Crippen molar-refractivity contribution >= 4 is 16.7 Å². The van der Waals surface area contributed by atoms with Crippen LogP contribution in [-0.2, 0) is 4.79 Å². The average molecular weight is 294 g/mol. The van der Waals surface area contributed by atoms with E-state index in [2.05, 4.69) is 17.5 Å². The maximum atomic E-state index is 12.5. The van der Waals surface area contributed by atoms with Gasteiger partial charge in [-0.25, -0.2) is 0 Å². The number of carbonyl (C=O) groups is 1. The lowest BCUT2D eigenvalue weighted by atomic mass is 9.88. The number of hydrogen-bond donors (Lipinski definition) is 1. The highest BCUT2D eigenvalue weighted by molar-refractivity contribution is 5.88. The zero-order chi connectivity index (χ0) is 16.3. The minimum atomic E-state index is -0.845. The van der Waals surface area contributed by atoms with Gasteiger partial charge in [0.25, 0.3) is 0 Å². The normalized spacial score (nSPS) is 15.1. The molecule has 3 nitrogen and oxygen atoms in total. The van der Waals surface area contributed by atoms with Crippen LogP contribution in [0.3, 0.4) is 0 Å². The minimum absolute atomic E-state index is 0.0465. The Balaban J connectivity index is 2.24. The molecule has 0 aromatic heterocycles. The third kappa shape index (κ3) is 3.12. The summed E-state index contributed by atoms with van der Waals surface area (Å²) in [4.78, 5) is 12.5. The third-order valence-corrected chi connectivity index (χ3v) is 4.44. The summed E-state index contributed by atoms with van der Waals surface area (Å²) in [5.74, 6) is -0.366. The van der Waals surface area contributed by atoms with Crippen molar-refractivity contribution in [1.29, 1.82) is 5.26 Å². The number of hydrogen-bond acceptors (Lipinski definition) is 2. The third-order valence-electron chi connectivity index (χ3n) is 4.44. The molecular weight excluding hydrogens is 272 g/mol. The number of amides is 1. The van der Waals surface area contributed by atoms with Gasteiger partial charge in [0.1, 0.15) is 5.54 Å². The molecule has 2 aromatic carbocycles. The Bertz CT molecular complexity index is 730. The summed E-state index contributed by atoms with van der Waals surface area (Å²) in [5.41, 5.74) is 0.114. The molecule has 0 aliphatic rings. The molecule has 1 N–H and O–H groups in total. The summed E-state index contributed by atoms with van der Waals surface area (Å²) in [5, 5.41) is 14.5. The van der Waals surface area contributed by atoms with E-state index in [9.17, 15) is 10.1 Å². The molecule has 0 saturated carbocycles. The van der Waals surface area contributed by atoms with E-state index in [1.54, 1.807) is 6.92 Å². The summed E-state index contributed by atoms with van der Waals surface area (Å²) in [6, 6.07) is 16.3. The van der Waals surface area contributed by atoms with Crippen LogP contribution in [0, 0.1) is 17.2 Å². The van der Waals surface area contributed by atoms with Crippen LogP contribution in [0.5, 0.6) is 0 Å². The molecule has 0 heterocycles. The lowest BCUT2D eigenvalue weighted by Crippen LogP contribution is -2.50. The van der Waals surface area contributed by atoms with Crippen LogP contribution in [0.15, 0.2) is 42.5 Å². The van der Waals surface area contributed by atoms with Gasteiger partial charge in [-0.15, -0.1) is 0 Å². The first-order valence-corrected chi connectivity index (χ1v) is 7.59. The second kappa shape index (κ2) is 6.19. The van der Waals surface area contributed by atoms with Gasteiger partial charge in [0.15, 0.2) is 0 Å². The zero-order valence-electron chi connectivity index (χ0n) is 13.6. The van der Waals surface area contributed by atoms with E-state index in [1.165, 1.54) is 0 Å². The Kier molecular flexibility index (Phi) is 4.51. The lowest BCUT2D eigenvalue weighted by molar-refractivity contribution is -0.123. The molecule has 2 atom stereocenters. The second-order valence-electron chi connectivity index (χ2n) is 6.29. The molecule has 114 valence electrons. The number of benzene rings is 2. The van der Waals surface area contributed by atoms with E-state index < -0.39 is 5.54 Å². The molecule has 0 radical (unpaired) electrons. The standard InChI is InChI=1S/C19H22N2O/c1-13(2)19(4,12-20)21-18(22)14(3)16-10-9-15-7-5-6-8-17(15)11-16/h5-11,13-14H,1-4H3,(H,21,22). The fourth-order valence-corrected chi connectivity index (χ4v) is 2.29. The molecule has 0 fully saturated rings. The number of nitrogens with one attached hydrogen (secondary N) is 1. The van der Waals surface area contributed by atoms with E-state index in [0.717, 1.165) is 16.3 Å². The Hall–Kier alpha value is -2.34. The molecule has 0 saturated heterocycles. The van der Waals surface area contributed by atoms with Crippen molar-refractivity contribution in [2.45, 2.75) is 39.2 Å². The number of fused-ring (bicyclic) bond motifs is 1. The number of rotatable bonds is 4. The van der Waals surface area contributed by atoms with Crippen molar-refractivity contribution in [2.75, 3.05) is 0 Å². The molecule has 2 aromatic rings. The monoisotopic (exact) mass is 294 g/mol. The maximum Gasteiger partial charge on any atom is 0.228 e. The van der Waals surface area contributed by atoms with Crippen LogP contribution in [0.4, 0.5) is 0 Å². The van der Waals surface area contributed by atoms with Crippen molar-refractivity contribution in [2.24, 2.45) is 5.92 Å². The predicted molar refractivity (Wildman–Crippen MR) is 89.4 cm³/mol. The SMILES string of the molecule is CC(C(=O)NC(C)(C#N)C(C)C)c1ccc2ccccc2c1. The van der Waals surface area contributed by atoms with Gasteiger partial charge in [0.2, 0.25) is 5.91 Å². The van der Waals surface area contributed by atoms with Gasteiger partial charge in [-0.1, -0.05) is 56.3 Å². The first-order valence-electron chi connectivity index (χ1n) is 7.59. The number of nitriles is 1. The van der Waals surface area contributed by atoms with Crippen molar-refractivity contribution in [3.63, 3.8) is 0 Å². The quantitative estimate of drug-likeness (QED) is 0.926. The highest BCUT2D eigenvalue weighted by Gasteiger charge is 2.31. The van der Waals surface area contributed by atoms with E-state index in [1.807, 2.05) is 57.2 Å². The molecule has 2 rings (SSSR count). The van der Waals surface area contributed by atoms with Gasteiger partial charge in [0, 0.05) is 0 Å². The average Bonchev–Trinajstić information content (AvgIpc) is 2.53. The smallest absolute Gasteiger partial charge is 0.228 e. The van der Waals surface area contributed by atoms with Gasteiger partial charge in [-0.3, -0.25) is 4.79 Å². The van der Waals surface area contributed by atoms with Crippen LogP contribution in [0.25, 0.3) is 10.8 Å². The number of carbonyl (C=O) groups excluding carboxylic acids is 1. The highest BCUT2D eigenvalue weighted by Crippen LogP contribution is 2.23. The molecular formula is C19H22N2O. The van der Waals surface area contributed by atoms with E-state index in [-0.39, 0.29) is 17.7 Å². The zero-order valence-corrected chi connectivity index (χ0v) is 13.6. The molecule has 0 bridgehead atoms. The summed E-state index contributed by atoms with van der Waals surface area (Å²) >= 11 is 0. The molecule has 1 amide bonds. The maximum absolute atomic E-state index is 12.5. The molecule has 0 aliphatic heterocycles. The summed E-state index contributed by atoms with van der Waals surface area (Å²) in [6.07, 6.45) is 0. The number of nitrogens with zero attached hydrogens (tertiary/aromatic N) is 1.